The van der Waals surface area contributed by atoms with Gasteiger partial charge in [0.05, 0.1) is 6.10 Å². The van der Waals surface area contributed by atoms with E-state index < -0.39 is 0 Å². The van der Waals surface area contributed by atoms with Gasteiger partial charge in [-0.25, -0.2) is 4.39 Å². The molecule has 1 atom stereocenters. The highest BCUT2D eigenvalue weighted by atomic mass is 19.1. The average molecular weight is 279 g/mol. The summed E-state index contributed by atoms with van der Waals surface area (Å²) in [6.45, 7) is 7.26. The third-order valence-corrected chi connectivity index (χ3v) is 4.21. The van der Waals surface area contributed by atoms with Crippen LogP contribution in [0.25, 0.3) is 0 Å². The van der Waals surface area contributed by atoms with Gasteiger partial charge < -0.3 is 10.1 Å². The van der Waals surface area contributed by atoms with Gasteiger partial charge in [0.2, 0.25) is 0 Å². The summed E-state index contributed by atoms with van der Waals surface area (Å²) >= 11 is 0. The monoisotopic (exact) mass is 279 g/mol. The lowest BCUT2D eigenvalue weighted by Crippen LogP contribution is -2.25. The van der Waals surface area contributed by atoms with Crippen molar-refractivity contribution in [1.82, 2.24) is 5.32 Å². The Hall–Kier alpha value is -1.09. The molecule has 1 aromatic rings. The molecule has 20 heavy (non-hydrogen) atoms. The molecule has 1 aliphatic rings. The number of nitrogens with one attached hydrogen (secondary N) is 1. The molecule has 3 heteroatoms. The van der Waals surface area contributed by atoms with Gasteiger partial charge in [0.1, 0.15) is 11.6 Å². The zero-order valence-corrected chi connectivity index (χ0v) is 12.8. The van der Waals surface area contributed by atoms with E-state index in [1.807, 2.05) is 6.92 Å². The van der Waals surface area contributed by atoms with Crippen LogP contribution in [0.5, 0.6) is 5.75 Å². The largest absolute Gasteiger partial charge is 0.490 e. The molecule has 0 spiro atoms. The van der Waals surface area contributed by atoms with Gasteiger partial charge in [-0.1, -0.05) is 13.8 Å². The van der Waals surface area contributed by atoms with E-state index in [4.69, 9.17) is 4.74 Å². The van der Waals surface area contributed by atoms with Crippen LogP contribution in [-0.4, -0.2) is 12.6 Å². The number of rotatable bonds is 5. The minimum atomic E-state index is -0.200. The van der Waals surface area contributed by atoms with E-state index in [2.05, 4.69) is 19.2 Å². The van der Waals surface area contributed by atoms with Gasteiger partial charge in [-0.2, -0.15) is 0 Å². The molecule has 1 unspecified atom stereocenters. The minimum absolute atomic E-state index is 0.105. The highest BCUT2D eigenvalue weighted by Crippen LogP contribution is 2.31. The molecule has 1 aliphatic carbocycles. The second-order valence-electron chi connectivity index (χ2n) is 5.96. The smallest absolute Gasteiger partial charge is 0.124 e. The van der Waals surface area contributed by atoms with Gasteiger partial charge in [-0.05, 0) is 63.3 Å². The molecule has 1 aromatic carbocycles. The third-order valence-electron chi connectivity index (χ3n) is 4.21. The molecular formula is C17H26FNO. The summed E-state index contributed by atoms with van der Waals surface area (Å²) < 4.78 is 19.6. The Morgan fingerprint density at radius 2 is 2.00 bits per heavy atom. The van der Waals surface area contributed by atoms with E-state index in [1.54, 1.807) is 12.1 Å². The molecule has 0 bridgehead atoms. The summed E-state index contributed by atoms with van der Waals surface area (Å²) in [6.07, 6.45) is 4.94. The number of halogens is 1. The Morgan fingerprint density at radius 3 is 2.65 bits per heavy atom. The third kappa shape index (κ3) is 3.95. The van der Waals surface area contributed by atoms with Crippen molar-refractivity contribution in [3.8, 4) is 5.75 Å². The van der Waals surface area contributed by atoms with Crippen molar-refractivity contribution >= 4 is 0 Å². The van der Waals surface area contributed by atoms with Crippen LogP contribution in [0.15, 0.2) is 18.2 Å². The SMILES string of the molecule is CCNC(C)c1cc(F)ccc1OC1CCC(C)CC1. The lowest BCUT2D eigenvalue weighted by Gasteiger charge is -2.28. The summed E-state index contributed by atoms with van der Waals surface area (Å²) in [5.41, 5.74) is 0.922. The Balaban J connectivity index is 2.10. The Kier molecular flexibility index (Phi) is 5.41. The molecule has 0 heterocycles. The van der Waals surface area contributed by atoms with Crippen LogP contribution in [0.1, 0.15) is 58.1 Å². The molecule has 2 nitrogen and oxygen atoms in total. The van der Waals surface area contributed by atoms with Gasteiger partial charge in [0, 0.05) is 11.6 Å². The first-order valence-corrected chi connectivity index (χ1v) is 7.79. The van der Waals surface area contributed by atoms with E-state index in [-0.39, 0.29) is 18.0 Å². The lowest BCUT2D eigenvalue weighted by molar-refractivity contribution is 0.133. The molecule has 1 fully saturated rings. The summed E-state index contributed by atoms with van der Waals surface area (Å²) in [5, 5.41) is 3.33. The normalized spacial score (nSPS) is 24.4. The van der Waals surface area contributed by atoms with Crippen molar-refractivity contribution in [3.05, 3.63) is 29.6 Å². The maximum Gasteiger partial charge on any atom is 0.124 e. The fraction of sp³-hybridized carbons (Fsp3) is 0.647. The van der Waals surface area contributed by atoms with Crippen molar-refractivity contribution in [2.24, 2.45) is 5.92 Å². The van der Waals surface area contributed by atoms with Crippen LogP contribution >= 0.6 is 0 Å². The fourth-order valence-corrected chi connectivity index (χ4v) is 2.91. The molecule has 1 N–H and O–H groups in total. The molecule has 1 saturated carbocycles. The predicted molar refractivity (Wildman–Crippen MR) is 80.5 cm³/mol. The highest BCUT2D eigenvalue weighted by molar-refractivity contribution is 5.36. The van der Waals surface area contributed by atoms with Crippen LogP contribution in [-0.2, 0) is 0 Å². The fourth-order valence-electron chi connectivity index (χ4n) is 2.91. The molecule has 0 amide bonds. The van der Waals surface area contributed by atoms with Crippen molar-refractivity contribution in [2.45, 2.75) is 58.6 Å². The van der Waals surface area contributed by atoms with Crippen LogP contribution < -0.4 is 10.1 Å². The molecular weight excluding hydrogens is 253 g/mol. The first-order chi connectivity index (χ1) is 9.60. The van der Waals surface area contributed by atoms with E-state index in [0.29, 0.717) is 0 Å². The first kappa shape index (κ1) is 15.3. The molecule has 0 saturated heterocycles. The van der Waals surface area contributed by atoms with Crippen LogP contribution in [0, 0.1) is 11.7 Å². The molecule has 0 aliphatic heterocycles. The molecule has 0 radical (unpaired) electrons. The van der Waals surface area contributed by atoms with E-state index >= 15 is 0 Å². The number of benzene rings is 1. The summed E-state index contributed by atoms with van der Waals surface area (Å²) in [6, 6.07) is 4.96. The predicted octanol–water partition coefficient (Wildman–Crippen LogP) is 4.45. The van der Waals surface area contributed by atoms with Gasteiger partial charge in [-0.3, -0.25) is 0 Å². The van der Waals surface area contributed by atoms with Gasteiger partial charge >= 0.3 is 0 Å². The number of hydrogen-bond acceptors (Lipinski definition) is 2. The van der Waals surface area contributed by atoms with Crippen LogP contribution in [0.2, 0.25) is 0 Å². The first-order valence-electron chi connectivity index (χ1n) is 7.79. The van der Waals surface area contributed by atoms with Gasteiger partial charge in [0.15, 0.2) is 0 Å². The van der Waals surface area contributed by atoms with Gasteiger partial charge in [-0.15, -0.1) is 0 Å². The molecule has 2 rings (SSSR count). The number of hydrogen-bond donors (Lipinski definition) is 1. The van der Waals surface area contributed by atoms with Gasteiger partial charge in [0.25, 0.3) is 0 Å². The highest BCUT2D eigenvalue weighted by Gasteiger charge is 2.21. The van der Waals surface area contributed by atoms with Crippen molar-refractivity contribution in [3.63, 3.8) is 0 Å². The maximum absolute atomic E-state index is 13.5. The Morgan fingerprint density at radius 1 is 1.30 bits per heavy atom. The Labute approximate surface area is 121 Å². The molecule has 0 aromatic heterocycles. The minimum Gasteiger partial charge on any atom is -0.490 e. The summed E-state index contributed by atoms with van der Waals surface area (Å²) in [7, 11) is 0. The summed E-state index contributed by atoms with van der Waals surface area (Å²) in [4.78, 5) is 0. The lowest BCUT2D eigenvalue weighted by atomic mass is 9.89. The second kappa shape index (κ2) is 7.07. The maximum atomic E-state index is 13.5. The van der Waals surface area contributed by atoms with Crippen LogP contribution in [0.4, 0.5) is 4.39 Å². The zero-order valence-electron chi connectivity index (χ0n) is 12.8. The van der Waals surface area contributed by atoms with Crippen molar-refractivity contribution in [2.75, 3.05) is 6.54 Å². The zero-order chi connectivity index (χ0) is 14.5. The van der Waals surface area contributed by atoms with E-state index in [9.17, 15) is 4.39 Å². The second-order valence-corrected chi connectivity index (χ2v) is 5.96. The number of ether oxygens (including phenoxy) is 1. The summed E-state index contributed by atoms with van der Waals surface area (Å²) in [5.74, 6) is 1.44. The Bertz CT molecular complexity index is 427. The topological polar surface area (TPSA) is 21.3 Å². The average Bonchev–Trinajstić information content (AvgIpc) is 2.43. The van der Waals surface area contributed by atoms with Crippen LogP contribution in [0.3, 0.4) is 0 Å². The quantitative estimate of drug-likeness (QED) is 0.859. The molecule has 112 valence electrons. The van der Waals surface area contributed by atoms with Crippen molar-refractivity contribution in [1.29, 1.82) is 0 Å². The van der Waals surface area contributed by atoms with Crippen molar-refractivity contribution < 1.29 is 9.13 Å². The standard InChI is InChI=1S/C17H26FNO/c1-4-19-13(3)16-11-14(18)7-10-17(16)20-15-8-5-12(2)6-9-15/h7,10-13,15,19H,4-6,8-9H2,1-3H3. The van der Waals surface area contributed by atoms with E-state index in [0.717, 1.165) is 36.6 Å². The van der Waals surface area contributed by atoms with E-state index in [1.165, 1.54) is 18.9 Å².